The van der Waals surface area contributed by atoms with Crippen molar-refractivity contribution in [1.82, 2.24) is 0 Å². The first-order chi connectivity index (χ1) is 9.26. The van der Waals surface area contributed by atoms with Gasteiger partial charge in [-0.3, -0.25) is 0 Å². The average molecular weight is 278 g/mol. The van der Waals surface area contributed by atoms with Gasteiger partial charge in [0, 0.05) is 5.57 Å². The number of aliphatic imine (C=N–C) groups is 2. The molecule has 4 nitrogen and oxygen atoms in total. The molecule has 0 aliphatic carbocycles. The van der Waals surface area contributed by atoms with Crippen molar-refractivity contribution < 1.29 is 9.47 Å². The van der Waals surface area contributed by atoms with Crippen LogP contribution in [-0.4, -0.2) is 38.1 Å². The highest BCUT2D eigenvalue weighted by Gasteiger charge is 2.36. The van der Waals surface area contributed by atoms with E-state index in [9.17, 15) is 0 Å². The van der Waals surface area contributed by atoms with Gasteiger partial charge in [0.2, 0.25) is 11.8 Å². The second kappa shape index (κ2) is 6.27. The molecule has 0 saturated heterocycles. The van der Waals surface area contributed by atoms with Crippen LogP contribution in [0.5, 0.6) is 0 Å². The van der Waals surface area contributed by atoms with Crippen molar-refractivity contribution in [3.63, 3.8) is 0 Å². The predicted octanol–water partition coefficient (Wildman–Crippen LogP) is 3.24. The van der Waals surface area contributed by atoms with E-state index >= 15 is 0 Å². The fourth-order valence-corrected chi connectivity index (χ4v) is 2.25. The summed E-state index contributed by atoms with van der Waals surface area (Å²) in [6.45, 7) is 14.3. The van der Waals surface area contributed by atoms with Gasteiger partial charge in [-0.1, -0.05) is 41.2 Å². The molecule has 0 bridgehead atoms. The zero-order valence-corrected chi connectivity index (χ0v) is 13.7. The number of methoxy groups -OCH3 is 2. The van der Waals surface area contributed by atoms with Crippen LogP contribution >= 0.6 is 0 Å². The Kier molecular flexibility index (Phi) is 5.18. The molecule has 0 fully saturated rings. The number of ether oxygens (including phenoxy) is 2. The molecule has 0 unspecified atom stereocenters. The first kappa shape index (κ1) is 16.5. The van der Waals surface area contributed by atoms with Crippen molar-refractivity contribution in [3.05, 3.63) is 17.9 Å². The molecule has 1 heterocycles. The van der Waals surface area contributed by atoms with Crippen LogP contribution in [0.25, 0.3) is 0 Å². The van der Waals surface area contributed by atoms with Crippen LogP contribution in [0.3, 0.4) is 0 Å². The minimum absolute atomic E-state index is 0.0998. The van der Waals surface area contributed by atoms with Gasteiger partial charge in [-0.2, -0.15) is 0 Å². The van der Waals surface area contributed by atoms with E-state index < -0.39 is 0 Å². The van der Waals surface area contributed by atoms with Gasteiger partial charge >= 0.3 is 0 Å². The first-order valence-electron chi connectivity index (χ1n) is 6.90. The van der Waals surface area contributed by atoms with E-state index in [1.54, 1.807) is 14.2 Å². The molecular weight excluding hydrogens is 252 g/mol. The van der Waals surface area contributed by atoms with Crippen LogP contribution in [0.1, 0.15) is 34.6 Å². The molecule has 1 aliphatic heterocycles. The zero-order chi connectivity index (χ0) is 15.5. The van der Waals surface area contributed by atoms with Crippen LogP contribution in [0, 0.1) is 11.3 Å². The Labute approximate surface area is 122 Å². The van der Waals surface area contributed by atoms with Gasteiger partial charge in [0.25, 0.3) is 0 Å². The molecule has 1 rings (SSSR count). The van der Waals surface area contributed by atoms with Gasteiger partial charge in [-0.15, -0.1) is 5.73 Å². The molecule has 112 valence electrons. The molecule has 0 spiro atoms. The Balaban J connectivity index is 3.30. The van der Waals surface area contributed by atoms with Gasteiger partial charge in [-0.05, 0) is 11.3 Å². The third-order valence-electron chi connectivity index (χ3n) is 3.33. The van der Waals surface area contributed by atoms with Gasteiger partial charge < -0.3 is 9.47 Å². The highest BCUT2D eigenvalue weighted by molar-refractivity contribution is 5.96. The summed E-state index contributed by atoms with van der Waals surface area (Å²) in [7, 11) is 3.26. The molecule has 0 amide bonds. The lowest BCUT2D eigenvalue weighted by molar-refractivity contribution is 0.331. The maximum Gasteiger partial charge on any atom is 0.214 e. The van der Waals surface area contributed by atoms with E-state index in [0.717, 1.165) is 5.57 Å². The molecule has 0 aromatic rings. The monoisotopic (exact) mass is 278 g/mol. The number of nitrogens with zero attached hydrogens (tertiary/aromatic N) is 2. The fourth-order valence-electron chi connectivity index (χ4n) is 2.25. The van der Waals surface area contributed by atoms with E-state index in [2.05, 4.69) is 51.9 Å². The molecule has 0 aromatic carbocycles. The van der Waals surface area contributed by atoms with Gasteiger partial charge in [0.15, 0.2) is 6.04 Å². The van der Waals surface area contributed by atoms with E-state index in [1.807, 2.05) is 0 Å². The lowest BCUT2D eigenvalue weighted by Gasteiger charge is -2.31. The first-order valence-corrected chi connectivity index (χ1v) is 6.90. The summed E-state index contributed by atoms with van der Waals surface area (Å²) in [6, 6.07) is -0.403. The van der Waals surface area contributed by atoms with Crippen molar-refractivity contribution >= 4 is 11.8 Å². The molecule has 1 aliphatic rings. The lowest BCUT2D eigenvalue weighted by atomic mass is 9.82. The van der Waals surface area contributed by atoms with Crippen LogP contribution in [0.15, 0.2) is 27.9 Å². The summed E-state index contributed by atoms with van der Waals surface area (Å²) in [5, 5.41) is 0. The Hall–Kier alpha value is -1.54. The molecule has 0 N–H and O–H groups in total. The average Bonchev–Trinajstić information content (AvgIpc) is 2.36. The molecule has 0 radical (unpaired) electrons. The third kappa shape index (κ3) is 3.31. The summed E-state index contributed by atoms with van der Waals surface area (Å²) in [6.07, 6.45) is 0. The van der Waals surface area contributed by atoms with Crippen molar-refractivity contribution in [2.45, 2.75) is 46.7 Å². The minimum Gasteiger partial charge on any atom is -0.483 e. The van der Waals surface area contributed by atoms with Crippen LogP contribution in [0.2, 0.25) is 0 Å². The molecule has 4 heteroatoms. The van der Waals surface area contributed by atoms with Crippen molar-refractivity contribution in [2.75, 3.05) is 14.2 Å². The van der Waals surface area contributed by atoms with E-state index in [0.29, 0.717) is 17.7 Å². The summed E-state index contributed by atoms with van der Waals surface area (Å²) in [5.74, 6) is 1.54. The van der Waals surface area contributed by atoms with Crippen LogP contribution < -0.4 is 0 Å². The predicted molar refractivity (Wildman–Crippen MR) is 83.4 cm³/mol. The second-order valence-electron chi connectivity index (χ2n) is 6.27. The number of hydrogen-bond donors (Lipinski definition) is 0. The maximum atomic E-state index is 5.45. The largest absolute Gasteiger partial charge is 0.483 e. The van der Waals surface area contributed by atoms with Gasteiger partial charge in [0.1, 0.15) is 6.04 Å². The summed E-state index contributed by atoms with van der Waals surface area (Å²) < 4.78 is 10.9. The third-order valence-corrected chi connectivity index (χ3v) is 3.33. The summed E-state index contributed by atoms with van der Waals surface area (Å²) in [5.41, 5.74) is 3.85. The maximum absolute atomic E-state index is 5.45. The quantitative estimate of drug-likeness (QED) is 0.728. The smallest absolute Gasteiger partial charge is 0.214 e. The van der Waals surface area contributed by atoms with Crippen LogP contribution in [0.4, 0.5) is 0 Å². The molecule has 0 saturated carbocycles. The normalized spacial score (nSPS) is 22.8. The Morgan fingerprint density at radius 3 is 2.05 bits per heavy atom. The van der Waals surface area contributed by atoms with Gasteiger partial charge in [-0.25, -0.2) is 9.98 Å². The minimum atomic E-state index is -0.303. The standard InChI is InChI=1S/C16H26N2O2/c1-9-11(16(4,5)6)13-15(20-8)17-12(10(2)3)14(18-13)19-7/h10,12-13H,1H2,2-8H3/t12-,13+/m0/s1. The van der Waals surface area contributed by atoms with E-state index in [4.69, 9.17) is 14.5 Å². The Morgan fingerprint density at radius 2 is 1.70 bits per heavy atom. The molecule has 0 aromatic heterocycles. The Morgan fingerprint density at radius 1 is 1.15 bits per heavy atom. The summed E-state index contributed by atoms with van der Waals surface area (Å²) >= 11 is 0. The van der Waals surface area contributed by atoms with Gasteiger partial charge in [0.05, 0.1) is 14.2 Å². The fraction of sp³-hybridized carbons (Fsp3) is 0.688. The second-order valence-corrected chi connectivity index (χ2v) is 6.27. The highest BCUT2D eigenvalue weighted by atomic mass is 16.5. The van der Waals surface area contributed by atoms with E-state index in [-0.39, 0.29) is 17.5 Å². The Bertz CT molecular complexity index is 463. The highest BCUT2D eigenvalue weighted by Crippen LogP contribution is 2.32. The number of rotatable bonds is 2. The van der Waals surface area contributed by atoms with Crippen molar-refractivity contribution in [3.8, 4) is 0 Å². The van der Waals surface area contributed by atoms with Crippen LogP contribution in [-0.2, 0) is 9.47 Å². The summed E-state index contributed by atoms with van der Waals surface area (Å²) in [4.78, 5) is 9.36. The van der Waals surface area contributed by atoms with Crippen molar-refractivity contribution in [1.29, 1.82) is 0 Å². The lowest BCUT2D eigenvalue weighted by Crippen LogP contribution is -2.40. The molecule has 2 atom stereocenters. The molecule has 20 heavy (non-hydrogen) atoms. The van der Waals surface area contributed by atoms with Crippen molar-refractivity contribution in [2.24, 2.45) is 21.3 Å². The zero-order valence-electron chi connectivity index (χ0n) is 13.7. The number of hydrogen-bond acceptors (Lipinski definition) is 4. The molecular formula is C16H26N2O2. The SMILES string of the molecule is C=C=C([C@H]1N=C(OC)[C@H](C(C)C)N=C1OC)C(C)(C)C. The van der Waals surface area contributed by atoms with E-state index in [1.165, 1.54) is 0 Å². The topological polar surface area (TPSA) is 43.2 Å².